The molecule has 0 aliphatic heterocycles. The van der Waals surface area contributed by atoms with Gasteiger partial charge in [-0.1, -0.05) is 31.5 Å². The van der Waals surface area contributed by atoms with Crippen LogP contribution < -0.4 is 5.73 Å². The van der Waals surface area contributed by atoms with Crippen LogP contribution in [-0.2, 0) is 0 Å². The molecule has 0 heterocycles. The largest absolute Gasteiger partial charge is 0.398 e. The Kier molecular flexibility index (Phi) is 4.43. The molecule has 0 fully saturated rings. The van der Waals surface area contributed by atoms with Crippen molar-refractivity contribution in [1.82, 2.24) is 0 Å². The van der Waals surface area contributed by atoms with Gasteiger partial charge < -0.3 is 10.8 Å². The van der Waals surface area contributed by atoms with E-state index < -0.39 is 6.10 Å². The maximum Gasteiger partial charge on any atom is 0.0810 e. The third-order valence-corrected chi connectivity index (χ3v) is 2.66. The number of hydrogen-bond acceptors (Lipinski definition) is 2. The van der Waals surface area contributed by atoms with Gasteiger partial charge in [0.05, 0.1) is 6.10 Å². The summed E-state index contributed by atoms with van der Waals surface area (Å²) in [5.41, 5.74) is 7.13. The summed E-state index contributed by atoms with van der Waals surface area (Å²) in [7, 11) is 0. The maximum absolute atomic E-state index is 9.92. The Labute approximate surface area is 96.1 Å². The zero-order chi connectivity index (χ0) is 11.4. The van der Waals surface area contributed by atoms with Gasteiger partial charge in [0.15, 0.2) is 0 Å². The summed E-state index contributed by atoms with van der Waals surface area (Å²) in [4.78, 5) is 0. The summed E-state index contributed by atoms with van der Waals surface area (Å²) >= 11 is 5.79. The lowest BCUT2D eigenvalue weighted by atomic mass is 9.99. The molecule has 84 valence electrons. The number of benzene rings is 1. The van der Waals surface area contributed by atoms with E-state index in [4.69, 9.17) is 17.3 Å². The minimum absolute atomic E-state index is 0.482. The molecular formula is C12H18ClNO. The Morgan fingerprint density at radius 1 is 1.33 bits per heavy atom. The van der Waals surface area contributed by atoms with Gasteiger partial charge in [-0.05, 0) is 30.9 Å². The van der Waals surface area contributed by atoms with Crippen LogP contribution >= 0.6 is 11.6 Å². The third kappa shape index (κ3) is 3.73. The molecule has 1 aromatic carbocycles. The van der Waals surface area contributed by atoms with E-state index in [1.54, 1.807) is 18.2 Å². The zero-order valence-electron chi connectivity index (χ0n) is 9.20. The molecular weight excluding hydrogens is 210 g/mol. The summed E-state index contributed by atoms with van der Waals surface area (Å²) in [5, 5.41) is 10.5. The van der Waals surface area contributed by atoms with Crippen molar-refractivity contribution in [3.63, 3.8) is 0 Å². The molecule has 15 heavy (non-hydrogen) atoms. The van der Waals surface area contributed by atoms with E-state index >= 15 is 0 Å². The number of halogens is 1. The molecule has 0 saturated carbocycles. The molecule has 0 spiro atoms. The van der Waals surface area contributed by atoms with Crippen LogP contribution in [0.3, 0.4) is 0 Å². The average Bonchev–Trinajstić information content (AvgIpc) is 2.14. The Balaban J connectivity index is 2.69. The van der Waals surface area contributed by atoms with E-state index in [2.05, 4.69) is 13.8 Å². The second-order valence-electron chi connectivity index (χ2n) is 4.26. The van der Waals surface area contributed by atoms with Crippen molar-refractivity contribution in [3.8, 4) is 0 Å². The summed E-state index contributed by atoms with van der Waals surface area (Å²) in [6.07, 6.45) is 1.25. The number of nitrogen functional groups attached to an aromatic ring is 1. The molecule has 1 rings (SSSR count). The van der Waals surface area contributed by atoms with E-state index in [0.29, 0.717) is 16.6 Å². The van der Waals surface area contributed by atoms with Gasteiger partial charge in [0.1, 0.15) is 0 Å². The number of anilines is 1. The van der Waals surface area contributed by atoms with Crippen LogP contribution in [0.5, 0.6) is 0 Å². The summed E-state index contributed by atoms with van der Waals surface area (Å²) in [6.45, 7) is 4.27. The highest BCUT2D eigenvalue weighted by atomic mass is 35.5. The fourth-order valence-corrected chi connectivity index (χ4v) is 1.68. The minimum atomic E-state index is -0.482. The lowest BCUT2D eigenvalue weighted by molar-refractivity contribution is 0.160. The molecule has 0 radical (unpaired) electrons. The van der Waals surface area contributed by atoms with Crippen molar-refractivity contribution in [1.29, 1.82) is 0 Å². The van der Waals surface area contributed by atoms with Gasteiger partial charge in [-0.25, -0.2) is 0 Å². The quantitative estimate of drug-likeness (QED) is 0.775. The van der Waals surface area contributed by atoms with Gasteiger partial charge in [0.25, 0.3) is 0 Å². The molecule has 2 nitrogen and oxygen atoms in total. The van der Waals surface area contributed by atoms with Crippen LogP contribution in [0.2, 0.25) is 5.02 Å². The van der Waals surface area contributed by atoms with Gasteiger partial charge in [-0.2, -0.15) is 0 Å². The smallest absolute Gasteiger partial charge is 0.0810 e. The fourth-order valence-electron chi connectivity index (χ4n) is 1.50. The molecule has 0 aliphatic carbocycles. The molecule has 1 unspecified atom stereocenters. The first-order valence-corrected chi connectivity index (χ1v) is 5.61. The Morgan fingerprint density at radius 2 is 2.00 bits per heavy atom. The van der Waals surface area contributed by atoms with Gasteiger partial charge in [0.2, 0.25) is 0 Å². The molecule has 0 saturated heterocycles. The Morgan fingerprint density at radius 3 is 2.53 bits per heavy atom. The van der Waals surface area contributed by atoms with E-state index in [-0.39, 0.29) is 0 Å². The van der Waals surface area contributed by atoms with E-state index in [0.717, 1.165) is 18.4 Å². The number of aliphatic hydroxyl groups is 1. The van der Waals surface area contributed by atoms with Crippen molar-refractivity contribution in [2.45, 2.75) is 32.8 Å². The molecule has 1 aromatic rings. The van der Waals surface area contributed by atoms with Crippen LogP contribution in [0.25, 0.3) is 0 Å². The molecule has 3 heteroatoms. The predicted molar refractivity (Wildman–Crippen MR) is 64.9 cm³/mol. The Bertz CT molecular complexity index is 325. The van der Waals surface area contributed by atoms with Crippen LogP contribution in [0.4, 0.5) is 5.69 Å². The molecule has 0 amide bonds. The molecule has 3 N–H and O–H groups in total. The first-order chi connectivity index (χ1) is 7.00. The van der Waals surface area contributed by atoms with Crippen molar-refractivity contribution in [2.24, 2.45) is 5.92 Å². The van der Waals surface area contributed by atoms with Crippen molar-refractivity contribution in [2.75, 3.05) is 5.73 Å². The number of aliphatic hydroxyl groups excluding tert-OH is 1. The summed E-state index contributed by atoms with van der Waals surface area (Å²) in [5.74, 6) is 0.591. The SMILES string of the molecule is CC(C)CCC(O)c1ccc(Cl)cc1N. The second-order valence-corrected chi connectivity index (χ2v) is 4.70. The normalized spacial score (nSPS) is 13.1. The van der Waals surface area contributed by atoms with Crippen molar-refractivity contribution < 1.29 is 5.11 Å². The Hall–Kier alpha value is -0.730. The molecule has 1 atom stereocenters. The number of nitrogens with two attached hydrogens (primary N) is 1. The van der Waals surface area contributed by atoms with Gasteiger partial charge in [0, 0.05) is 16.3 Å². The van der Waals surface area contributed by atoms with E-state index in [9.17, 15) is 5.11 Å². The summed E-state index contributed by atoms with van der Waals surface area (Å²) < 4.78 is 0. The van der Waals surface area contributed by atoms with E-state index in [1.165, 1.54) is 0 Å². The topological polar surface area (TPSA) is 46.2 Å². The standard InChI is InChI=1S/C12H18ClNO/c1-8(2)3-6-12(15)10-5-4-9(13)7-11(10)14/h4-5,7-8,12,15H,3,6,14H2,1-2H3. The first-order valence-electron chi connectivity index (χ1n) is 5.23. The molecule has 0 bridgehead atoms. The predicted octanol–water partition coefficient (Wildman–Crippen LogP) is 3.39. The maximum atomic E-state index is 9.92. The lowest BCUT2D eigenvalue weighted by Crippen LogP contribution is -2.03. The second kappa shape index (κ2) is 5.38. The number of hydrogen-bond donors (Lipinski definition) is 2. The average molecular weight is 228 g/mol. The highest BCUT2D eigenvalue weighted by molar-refractivity contribution is 6.30. The number of rotatable bonds is 4. The summed E-state index contributed by atoms with van der Waals surface area (Å²) in [6, 6.07) is 5.23. The highest BCUT2D eigenvalue weighted by Crippen LogP contribution is 2.27. The van der Waals surface area contributed by atoms with Gasteiger partial charge >= 0.3 is 0 Å². The van der Waals surface area contributed by atoms with Crippen LogP contribution in [0.1, 0.15) is 38.4 Å². The molecule has 0 aliphatic rings. The van der Waals surface area contributed by atoms with Crippen LogP contribution in [-0.4, -0.2) is 5.11 Å². The van der Waals surface area contributed by atoms with Crippen molar-refractivity contribution >= 4 is 17.3 Å². The van der Waals surface area contributed by atoms with Crippen LogP contribution in [0, 0.1) is 5.92 Å². The first kappa shape index (κ1) is 12.3. The highest BCUT2D eigenvalue weighted by Gasteiger charge is 2.11. The van der Waals surface area contributed by atoms with Gasteiger partial charge in [-0.15, -0.1) is 0 Å². The van der Waals surface area contributed by atoms with Crippen LogP contribution in [0.15, 0.2) is 18.2 Å². The van der Waals surface area contributed by atoms with Gasteiger partial charge in [-0.3, -0.25) is 0 Å². The monoisotopic (exact) mass is 227 g/mol. The fraction of sp³-hybridized carbons (Fsp3) is 0.500. The zero-order valence-corrected chi connectivity index (χ0v) is 9.96. The minimum Gasteiger partial charge on any atom is -0.398 e. The lowest BCUT2D eigenvalue weighted by Gasteiger charge is -2.14. The van der Waals surface area contributed by atoms with Crippen molar-refractivity contribution in [3.05, 3.63) is 28.8 Å². The molecule has 0 aromatic heterocycles. The third-order valence-electron chi connectivity index (χ3n) is 2.43. The van der Waals surface area contributed by atoms with E-state index in [1.807, 2.05) is 0 Å².